The van der Waals surface area contributed by atoms with E-state index in [1.807, 2.05) is 0 Å². The Bertz CT molecular complexity index is 193. The predicted molar refractivity (Wildman–Crippen MR) is 94.3 cm³/mol. The zero-order valence-electron chi connectivity index (χ0n) is 15.2. The molecule has 0 heterocycles. The molecule has 1 heteroatoms. The molecular formula is C20H41O. The number of rotatable bonds is 16. The van der Waals surface area contributed by atoms with E-state index < -0.39 is 5.60 Å². The number of unbranched alkanes of at least 4 members (excludes halogenated alkanes) is 14. The first kappa shape index (κ1) is 21.0. The second kappa shape index (κ2) is 14.9. The maximum absolute atomic E-state index is 11.4. The van der Waals surface area contributed by atoms with Crippen molar-refractivity contribution in [1.29, 1.82) is 0 Å². The smallest absolute Gasteiger partial charge is 0.0980 e. The lowest BCUT2D eigenvalue weighted by Gasteiger charge is -2.13. The van der Waals surface area contributed by atoms with Crippen LogP contribution in [0.3, 0.4) is 0 Å². The minimum absolute atomic E-state index is 0.712. The highest BCUT2D eigenvalue weighted by Crippen LogP contribution is 2.16. The molecule has 0 aliphatic rings. The fourth-order valence-electron chi connectivity index (χ4n) is 2.92. The topological polar surface area (TPSA) is 19.9 Å². The van der Waals surface area contributed by atoms with Gasteiger partial charge in [-0.05, 0) is 20.3 Å². The lowest BCUT2D eigenvalue weighted by molar-refractivity contribution is -0.00511. The molecule has 0 bridgehead atoms. The van der Waals surface area contributed by atoms with Crippen molar-refractivity contribution in [2.75, 3.05) is 0 Å². The van der Waals surface area contributed by atoms with Crippen LogP contribution in [0, 0.1) is 0 Å². The van der Waals surface area contributed by atoms with Gasteiger partial charge in [-0.1, -0.05) is 103 Å². The van der Waals surface area contributed by atoms with Gasteiger partial charge in [0.05, 0.1) is 5.60 Å². The molecule has 0 aliphatic carbocycles. The normalized spacial score (nSPS) is 12.0. The maximum atomic E-state index is 11.4. The molecule has 0 rings (SSSR count). The molecule has 1 nitrogen and oxygen atoms in total. The average molecular weight is 298 g/mol. The van der Waals surface area contributed by atoms with Gasteiger partial charge in [0.25, 0.3) is 0 Å². The molecule has 0 aliphatic heterocycles. The van der Waals surface area contributed by atoms with Crippen LogP contribution in [0.1, 0.15) is 124 Å². The van der Waals surface area contributed by atoms with E-state index in [4.69, 9.17) is 0 Å². The molecule has 0 amide bonds. The Morgan fingerprint density at radius 1 is 0.524 bits per heavy atom. The van der Waals surface area contributed by atoms with Gasteiger partial charge in [-0.25, -0.2) is 5.11 Å². The third-order valence-corrected chi connectivity index (χ3v) is 4.38. The fourth-order valence-corrected chi connectivity index (χ4v) is 2.92. The Hall–Kier alpha value is -0.0400. The van der Waals surface area contributed by atoms with E-state index in [-0.39, 0.29) is 0 Å². The lowest BCUT2D eigenvalue weighted by atomic mass is 9.99. The van der Waals surface area contributed by atoms with Crippen LogP contribution in [0.25, 0.3) is 0 Å². The van der Waals surface area contributed by atoms with Crippen LogP contribution < -0.4 is 0 Å². The van der Waals surface area contributed by atoms with Gasteiger partial charge in [0, 0.05) is 0 Å². The summed E-state index contributed by atoms with van der Waals surface area (Å²) in [5.41, 5.74) is -0.712. The van der Waals surface area contributed by atoms with Crippen LogP contribution in [-0.4, -0.2) is 5.60 Å². The van der Waals surface area contributed by atoms with E-state index in [0.717, 1.165) is 12.8 Å². The Labute approximate surface area is 134 Å². The van der Waals surface area contributed by atoms with Crippen molar-refractivity contribution in [1.82, 2.24) is 0 Å². The van der Waals surface area contributed by atoms with Crippen molar-refractivity contribution in [3.63, 3.8) is 0 Å². The summed E-state index contributed by atoms with van der Waals surface area (Å²) in [6.07, 6.45) is 21.6. The van der Waals surface area contributed by atoms with Crippen molar-refractivity contribution < 1.29 is 5.11 Å². The second-order valence-corrected chi connectivity index (χ2v) is 7.46. The van der Waals surface area contributed by atoms with Crippen molar-refractivity contribution in [3.8, 4) is 0 Å². The van der Waals surface area contributed by atoms with Crippen LogP contribution >= 0.6 is 0 Å². The summed E-state index contributed by atoms with van der Waals surface area (Å²) in [6.45, 7) is 5.89. The Balaban J connectivity index is 3.00. The first-order valence-corrected chi connectivity index (χ1v) is 9.76. The van der Waals surface area contributed by atoms with Crippen molar-refractivity contribution in [2.24, 2.45) is 0 Å². The molecule has 0 aromatic rings. The number of hydrogen-bond acceptors (Lipinski definition) is 0. The van der Waals surface area contributed by atoms with E-state index in [0.29, 0.717) is 0 Å². The minimum Gasteiger partial charge on any atom is -0.230 e. The summed E-state index contributed by atoms with van der Waals surface area (Å²) in [4.78, 5) is 0. The van der Waals surface area contributed by atoms with Crippen molar-refractivity contribution >= 4 is 0 Å². The summed E-state index contributed by atoms with van der Waals surface area (Å²) in [5.74, 6) is 0. The van der Waals surface area contributed by atoms with Crippen LogP contribution in [-0.2, 0) is 5.11 Å². The standard InChI is InChI=1S/C20H41O/c1-4-5-6-7-8-9-10-11-12-13-14-15-16-17-18-19-20(2,3)21/h4-19H2,1-3H3. The van der Waals surface area contributed by atoms with Crippen molar-refractivity contribution in [2.45, 2.75) is 129 Å². The van der Waals surface area contributed by atoms with E-state index >= 15 is 0 Å². The van der Waals surface area contributed by atoms with E-state index in [2.05, 4.69) is 6.92 Å². The van der Waals surface area contributed by atoms with Gasteiger partial charge < -0.3 is 0 Å². The first-order chi connectivity index (χ1) is 10.1. The highest BCUT2D eigenvalue weighted by molar-refractivity contribution is 4.63. The molecule has 0 spiro atoms. The van der Waals surface area contributed by atoms with Crippen LogP contribution in [0.2, 0.25) is 0 Å². The molecule has 0 N–H and O–H groups in total. The summed E-state index contributed by atoms with van der Waals surface area (Å²) < 4.78 is 0. The molecule has 0 fully saturated rings. The molecule has 0 atom stereocenters. The minimum atomic E-state index is -0.712. The van der Waals surface area contributed by atoms with E-state index in [1.54, 1.807) is 13.8 Å². The Kier molecular flexibility index (Phi) is 14.9. The molecule has 1 radical (unpaired) electrons. The van der Waals surface area contributed by atoms with Gasteiger partial charge in [0.1, 0.15) is 0 Å². The summed E-state index contributed by atoms with van der Waals surface area (Å²) >= 11 is 0. The Morgan fingerprint density at radius 2 is 0.810 bits per heavy atom. The maximum Gasteiger partial charge on any atom is 0.0980 e. The third-order valence-electron chi connectivity index (χ3n) is 4.38. The van der Waals surface area contributed by atoms with Gasteiger partial charge in [-0.3, -0.25) is 0 Å². The summed E-state index contributed by atoms with van der Waals surface area (Å²) in [5, 5.41) is 11.4. The van der Waals surface area contributed by atoms with E-state index in [1.165, 1.54) is 89.9 Å². The monoisotopic (exact) mass is 297 g/mol. The van der Waals surface area contributed by atoms with Crippen LogP contribution in [0.4, 0.5) is 0 Å². The summed E-state index contributed by atoms with van der Waals surface area (Å²) in [7, 11) is 0. The van der Waals surface area contributed by atoms with Crippen LogP contribution in [0.15, 0.2) is 0 Å². The van der Waals surface area contributed by atoms with Crippen molar-refractivity contribution in [3.05, 3.63) is 0 Å². The molecule has 0 aromatic heterocycles. The summed E-state index contributed by atoms with van der Waals surface area (Å²) in [6, 6.07) is 0. The van der Waals surface area contributed by atoms with Gasteiger partial charge in [0.2, 0.25) is 0 Å². The van der Waals surface area contributed by atoms with Crippen LogP contribution in [0.5, 0.6) is 0 Å². The zero-order chi connectivity index (χ0) is 15.8. The largest absolute Gasteiger partial charge is 0.230 e. The lowest BCUT2D eigenvalue weighted by Crippen LogP contribution is -2.15. The van der Waals surface area contributed by atoms with Gasteiger partial charge in [-0.2, -0.15) is 0 Å². The molecule has 0 aromatic carbocycles. The second-order valence-electron chi connectivity index (χ2n) is 7.46. The SMILES string of the molecule is CCCCCCCCCCCCCCCCCC(C)(C)[O]. The highest BCUT2D eigenvalue weighted by atomic mass is 16.3. The Morgan fingerprint density at radius 3 is 1.10 bits per heavy atom. The molecule has 0 unspecified atom stereocenters. The molecular weight excluding hydrogens is 256 g/mol. The van der Waals surface area contributed by atoms with Gasteiger partial charge in [0.15, 0.2) is 0 Å². The molecule has 21 heavy (non-hydrogen) atoms. The highest BCUT2D eigenvalue weighted by Gasteiger charge is 2.13. The first-order valence-electron chi connectivity index (χ1n) is 9.76. The van der Waals surface area contributed by atoms with E-state index in [9.17, 15) is 5.11 Å². The predicted octanol–water partition coefficient (Wildman–Crippen LogP) is 7.46. The quantitative estimate of drug-likeness (QED) is 0.263. The third kappa shape index (κ3) is 20.0. The van der Waals surface area contributed by atoms with Gasteiger partial charge >= 0.3 is 0 Å². The van der Waals surface area contributed by atoms with Gasteiger partial charge in [-0.15, -0.1) is 0 Å². The molecule has 0 saturated carbocycles. The average Bonchev–Trinajstić information content (AvgIpc) is 2.42. The zero-order valence-corrected chi connectivity index (χ0v) is 15.2. The molecule has 127 valence electrons. The number of hydrogen-bond donors (Lipinski definition) is 0. The fraction of sp³-hybridized carbons (Fsp3) is 1.00. The molecule has 0 saturated heterocycles.